The van der Waals surface area contributed by atoms with Gasteiger partial charge in [-0.05, 0) is 10.0 Å². The molecule has 0 rings (SSSR count). The fourth-order valence-electron chi connectivity index (χ4n) is 1.33. The Labute approximate surface area is 137 Å². The third-order valence-electron chi connectivity index (χ3n) is 2.50. The number of nitrogens with zero attached hydrogens (tertiary/aromatic N) is 8. The van der Waals surface area contributed by atoms with Crippen molar-refractivity contribution in [2.45, 2.75) is 13.8 Å². The Hall–Kier alpha value is -3.86. The molecule has 0 aromatic rings. The Kier molecular flexibility index (Phi) is 7.35. The summed E-state index contributed by atoms with van der Waals surface area (Å²) in [6, 6.07) is 0. The van der Waals surface area contributed by atoms with Gasteiger partial charge in [-0.15, -0.1) is 0 Å². The molecule has 0 heterocycles. The lowest BCUT2D eigenvalue weighted by atomic mass is 10.6. The molecule has 0 fully saturated rings. The van der Waals surface area contributed by atoms with E-state index in [2.05, 4.69) is 0 Å². The summed E-state index contributed by atoms with van der Waals surface area (Å²) in [7, 11) is 0. The zero-order chi connectivity index (χ0) is 19.9. The molecule has 0 aliphatic rings. The van der Waals surface area contributed by atoms with Crippen molar-refractivity contribution < 1.29 is 29.7 Å². The zero-order valence-electron chi connectivity index (χ0n) is 12.8. The number of hydrogen-bond acceptors (Lipinski definition) is 10. The van der Waals surface area contributed by atoms with E-state index >= 15 is 0 Å². The summed E-state index contributed by atoms with van der Waals surface area (Å²) >= 11 is 0. The van der Waals surface area contributed by atoms with Crippen molar-refractivity contribution in [2.75, 3.05) is 20.0 Å². The van der Waals surface area contributed by atoms with E-state index in [9.17, 15) is 50.0 Å². The first-order chi connectivity index (χ1) is 11.4. The quantitative estimate of drug-likeness (QED) is 0.230. The van der Waals surface area contributed by atoms with Crippen LogP contribution in [0.15, 0.2) is 0 Å². The summed E-state index contributed by atoms with van der Waals surface area (Å²) in [5.41, 5.74) is 0. The van der Waals surface area contributed by atoms with Crippen molar-refractivity contribution in [3.63, 3.8) is 0 Å². The molecule has 0 radical (unpaired) electrons. The minimum Gasteiger partial charge on any atom is -0.269 e. The first-order valence-electron chi connectivity index (χ1n) is 6.01. The third-order valence-corrected chi connectivity index (χ3v) is 2.50. The maximum Gasteiger partial charge on any atom is 0.282 e. The summed E-state index contributed by atoms with van der Waals surface area (Å²) in [5, 5.41) is 37.4. The SMILES string of the molecule is CC(=O)N(CN(CN(CN(C(C)=O)[N+](=O)[O-])[N+](=O)[O-])[N+](=O)[O-])[N+](=O)[O-]. The average Bonchev–Trinajstić information content (AvgIpc) is 2.43. The van der Waals surface area contributed by atoms with Gasteiger partial charge < -0.3 is 0 Å². The molecule has 0 saturated heterocycles. The summed E-state index contributed by atoms with van der Waals surface area (Å²) in [4.78, 5) is 65.2. The largest absolute Gasteiger partial charge is 0.282 e. The summed E-state index contributed by atoms with van der Waals surface area (Å²) < 4.78 is 0. The second-order valence-corrected chi connectivity index (χ2v) is 4.23. The monoisotopic (exact) mass is 368 g/mol. The van der Waals surface area contributed by atoms with Crippen molar-refractivity contribution in [3.05, 3.63) is 40.5 Å². The van der Waals surface area contributed by atoms with Crippen LogP contribution in [0, 0.1) is 40.5 Å². The third kappa shape index (κ3) is 6.42. The van der Waals surface area contributed by atoms with Crippen LogP contribution in [0.1, 0.15) is 13.8 Å². The van der Waals surface area contributed by atoms with E-state index in [0.717, 1.165) is 13.8 Å². The van der Waals surface area contributed by atoms with Crippen LogP contribution in [-0.2, 0) is 9.59 Å². The lowest BCUT2D eigenvalue weighted by molar-refractivity contribution is -0.742. The molecular formula is C7H12N8O10. The predicted octanol–water partition coefficient (Wildman–Crippen LogP) is -2.07. The standard InChI is InChI=1S/C7H12N8O10/c1-6(16)10(14(22)23)4-8(12(18)19)3-9(13(20)21)5-11(7(2)17)15(24)25/h3-5H2,1-2H3. The van der Waals surface area contributed by atoms with Gasteiger partial charge >= 0.3 is 0 Å². The molecule has 0 atom stereocenters. The summed E-state index contributed by atoms with van der Waals surface area (Å²) in [5.74, 6) is -2.39. The van der Waals surface area contributed by atoms with Crippen LogP contribution >= 0.6 is 0 Å². The van der Waals surface area contributed by atoms with E-state index in [-0.39, 0.29) is 20.0 Å². The van der Waals surface area contributed by atoms with Crippen LogP contribution in [0.4, 0.5) is 0 Å². The van der Waals surface area contributed by atoms with Gasteiger partial charge in [-0.1, -0.05) is 10.0 Å². The van der Waals surface area contributed by atoms with Crippen molar-refractivity contribution >= 4 is 11.8 Å². The Morgan fingerprint density at radius 2 is 0.920 bits per heavy atom. The molecule has 0 saturated carbocycles. The molecule has 0 unspecified atom stereocenters. The fraction of sp³-hybridized carbons (Fsp3) is 0.714. The second kappa shape index (κ2) is 8.69. The zero-order valence-corrected chi connectivity index (χ0v) is 12.8. The van der Waals surface area contributed by atoms with E-state index in [4.69, 9.17) is 0 Å². The molecule has 0 aliphatic carbocycles. The predicted molar refractivity (Wildman–Crippen MR) is 71.3 cm³/mol. The van der Waals surface area contributed by atoms with Crippen LogP contribution in [0.5, 0.6) is 0 Å². The Morgan fingerprint density at radius 3 is 1.08 bits per heavy atom. The smallest absolute Gasteiger partial charge is 0.269 e. The minimum atomic E-state index is -1.30. The van der Waals surface area contributed by atoms with Crippen LogP contribution in [-0.4, -0.2) is 72.0 Å². The van der Waals surface area contributed by atoms with Gasteiger partial charge in [0.15, 0.2) is 20.1 Å². The molecule has 0 N–H and O–H groups in total. The molecule has 18 nitrogen and oxygen atoms in total. The topological polar surface area (TPSA) is 220 Å². The van der Waals surface area contributed by atoms with Crippen molar-refractivity contribution in [1.29, 1.82) is 0 Å². The number of hydrazine groups is 4. The number of carbonyl (C=O) groups excluding carboxylic acids is 2. The fourth-order valence-corrected chi connectivity index (χ4v) is 1.33. The van der Waals surface area contributed by atoms with E-state index in [1.54, 1.807) is 0 Å². The Morgan fingerprint density at radius 1 is 0.640 bits per heavy atom. The van der Waals surface area contributed by atoms with Gasteiger partial charge in [-0.25, -0.2) is 40.5 Å². The van der Waals surface area contributed by atoms with Gasteiger partial charge in [0.05, 0.1) is 0 Å². The number of carbonyl (C=O) groups is 2. The molecule has 0 aliphatic heterocycles. The van der Waals surface area contributed by atoms with Crippen LogP contribution in [0.3, 0.4) is 0 Å². The Bertz CT molecular complexity index is 516. The van der Waals surface area contributed by atoms with Gasteiger partial charge in [0.25, 0.3) is 11.8 Å². The van der Waals surface area contributed by atoms with Crippen LogP contribution in [0.2, 0.25) is 0 Å². The lowest BCUT2D eigenvalue weighted by Gasteiger charge is -2.21. The highest BCUT2D eigenvalue weighted by molar-refractivity contribution is 5.72. The number of hydrogen-bond donors (Lipinski definition) is 0. The van der Waals surface area contributed by atoms with E-state index in [0.29, 0.717) is 0 Å². The molecule has 18 heteroatoms. The maximum absolute atomic E-state index is 11.1. The molecule has 0 bridgehead atoms. The number of nitro groups is 4. The Balaban J connectivity index is 5.40. The first kappa shape index (κ1) is 21.1. The number of amides is 2. The molecule has 2 amide bonds. The highest BCUT2D eigenvalue weighted by Crippen LogP contribution is 2.03. The average molecular weight is 368 g/mol. The van der Waals surface area contributed by atoms with Gasteiger partial charge in [-0.2, -0.15) is 0 Å². The van der Waals surface area contributed by atoms with E-state index < -0.39 is 51.9 Å². The van der Waals surface area contributed by atoms with Crippen LogP contribution < -0.4 is 0 Å². The molecule has 0 spiro atoms. The molecule has 0 aromatic heterocycles. The number of rotatable bonds is 10. The van der Waals surface area contributed by atoms with Gasteiger partial charge in [0, 0.05) is 13.8 Å². The lowest BCUT2D eigenvalue weighted by Crippen LogP contribution is -2.54. The van der Waals surface area contributed by atoms with E-state index in [1.807, 2.05) is 0 Å². The van der Waals surface area contributed by atoms with Gasteiger partial charge in [-0.3, -0.25) is 9.59 Å². The molecular weight excluding hydrogens is 356 g/mol. The molecule has 0 aromatic carbocycles. The van der Waals surface area contributed by atoms with Crippen molar-refractivity contribution in [3.8, 4) is 0 Å². The van der Waals surface area contributed by atoms with Crippen molar-refractivity contribution in [1.82, 2.24) is 20.0 Å². The summed E-state index contributed by atoms with van der Waals surface area (Å²) in [6.07, 6.45) is 0. The first-order valence-corrected chi connectivity index (χ1v) is 6.01. The van der Waals surface area contributed by atoms with Crippen molar-refractivity contribution in [2.24, 2.45) is 0 Å². The minimum absolute atomic E-state index is 0.106. The van der Waals surface area contributed by atoms with Gasteiger partial charge in [0.2, 0.25) is 20.0 Å². The highest BCUT2D eigenvalue weighted by atomic mass is 16.7. The second-order valence-electron chi connectivity index (χ2n) is 4.23. The highest BCUT2D eigenvalue weighted by Gasteiger charge is 2.36. The van der Waals surface area contributed by atoms with E-state index in [1.165, 1.54) is 0 Å². The maximum atomic E-state index is 11.1. The molecule has 140 valence electrons. The van der Waals surface area contributed by atoms with Crippen LogP contribution in [0.25, 0.3) is 0 Å². The normalized spacial score (nSPS) is 9.68. The summed E-state index contributed by atoms with van der Waals surface area (Å²) in [6.45, 7) is -2.39. The van der Waals surface area contributed by atoms with Gasteiger partial charge in [0.1, 0.15) is 0 Å². The molecule has 25 heavy (non-hydrogen) atoms.